The lowest BCUT2D eigenvalue weighted by atomic mass is 10.3. The summed E-state index contributed by atoms with van der Waals surface area (Å²) in [6.07, 6.45) is 4.01. The zero-order chi connectivity index (χ0) is 24.5. The fourth-order valence-electron chi connectivity index (χ4n) is 2.40. The maximum absolute atomic E-state index is 11.9. The molecule has 1 rings (SSSR count). The minimum atomic E-state index is -0.626. The van der Waals surface area contributed by atoms with E-state index in [0.29, 0.717) is 0 Å². The van der Waals surface area contributed by atoms with Gasteiger partial charge in [-0.2, -0.15) is 0 Å². The first-order chi connectivity index (χ1) is 15.9. The van der Waals surface area contributed by atoms with E-state index in [1.807, 2.05) is 0 Å². The van der Waals surface area contributed by atoms with Gasteiger partial charge in [-0.05, 0) is 12.2 Å². The molecular weight excluding hydrogens is 436 g/mol. The number of hydrogen-bond acceptors (Lipinski definition) is 8. The highest BCUT2D eigenvalue weighted by molar-refractivity contribution is 6.12. The molecule has 1 aliphatic heterocycles. The van der Waals surface area contributed by atoms with Crippen molar-refractivity contribution in [2.24, 2.45) is 0 Å². The highest BCUT2D eigenvalue weighted by Crippen LogP contribution is 2.02. The summed E-state index contributed by atoms with van der Waals surface area (Å²) in [6.45, 7) is 8.00. The van der Waals surface area contributed by atoms with E-state index in [-0.39, 0.29) is 71.0 Å². The van der Waals surface area contributed by atoms with Crippen LogP contribution in [0.15, 0.2) is 37.5 Å². The van der Waals surface area contributed by atoms with Crippen LogP contribution < -0.4 is 16.0 Å². The summed E-state index contributed by atoms with van der Waals surface area (Å²) < 4.78 is 16.1. The first kappa shape index (κ1) is 27.7. The lowest BCUT2D eigenvalue weighted by Gasteiger charge is -2.18. The van der Waals surface area contributed by atoms with Crippen molar-refractivity contribution in [3.8, 4) is 0 Å². The van der Waals surface area contributed by atoms with Crippen molar-refractivity contribution in [2.45, 2.75) is 6.10 Å². The molecule has 0 aromatic heterocycles. The molecule has 3 N–H and O–H groups in total. The van der Waals surface area contributed by atoms with Gasteiger partial charge in [0, 0.05) is 31.8 Å². The molecule has 0 spiro atoms. The third kappa shape index (κ3) is 12.3. The maximum Gasteiger partial charge on any atom is 0.253 e. The van der Waals surface area contributed by atoms with Gasteiger partial charge in [0.05, 0.1) is 39.1 Å². The van der Waals surface area contributed by atoms with E-state index in [4.69, 9.17) is 14.2 Å². The summed E-state index contributed by atoms with van der Waals surface area (Å²) in [5, 5.41) is 7.69. The van der Waals surface area contributed by atoms with Crippen LogP contribution in [0.25, 0.3) is 0 Å². The average molecular weight is 466 g/mol. The van der Waals surface area contributed by atoms with Crippen LogP contribution in [-0.2, 0) is 38.2 Å². The molecule has 0 unspecified atom stereocenters. The summed E-state index contributed by atoms with van der Waals surface area (Å²) in [6, 6.07) is 0. The fourth-order valence-corrected chi connectivity index (χ4v) is 2.40. The summed E-state index contributed by atoms with van der Waals surface area (Å²) in [5.41, 5.74) is 0. The van der Waals surface area contributed by atoms with Crippen LogP contribution in [0.1, 0.15) is 0 Å². The molecule has 5 amide bonds. The summed E-state index contributed by atoms with van der Waals surface area (Å²) >= 11 is 0. The minimum absolute atomic E-state index is 0.0786. The van der Waals surface area contributed by atoms with Gasteiger partial charge in [-0.1, -0.05) is 13.2 Å². The van der Waals surface area contributed by atoms with Gasteiger partial charge in [-0.3, -0.25) is 28.9 Å². The predicted molar refractivity (Wildman–Crippen MR) is 117 cm³/mol. The Bertz CT molecular complexity index is 711. The van der Waals surface area contributed by atoms with E-state index < -0.39 is 23.8 Å². The molecule has 12 nitrogen and oxygen atoms in total. The lowest BCUT2D eigenvalue weighted by molar-refractivity contribution is -0.138. The molecule has 1 heterocycles. The molecule has 12 heteroatoms. The van der Waals surface area contributed by atoms with E-state index in [1.165, 1.54) is 12.2 Å². The Morgan fingerprint density at radius 2 is 1.42 bits per heavy atom. The Morgan fingerprint density at radius 1 is 0.879 bits per heavy atom. The van der Waals surface area contributed by atoms with E-state index in [2.05, 4.69) is 29.1 Å². The van der Waals surface area contributed by atoms with Gasteiger partial charge in [-0.25, -0.2) is 0 Å². The summed E-state index contributed by atoms with van der Waals surface area (Å²) in [4.78, 5) is 58.3. The Morgan fingerprint density at radius 3 is 1.97 bits per heavy atom. The number of ether oxygens (including phenoxy) is 3. The van der Waals surface area contributed by atoms with E-state index in [1.54, 1.807) is 0 Å². The largest absolute Gasteiger partial charge is 0.377 e. The van der Waals surface area contributed by atoms with Crippen LogP contribution in [-0.4, -0.2) is 99.8 Å². The molecular formula is C21H30N4O8. The number of hydrogen-bond donors (Lipinski definition) is 3. The first-order valence-electron chi connectivity index (χ1n) is 10.2. The van der Waals surface area contributed by atoms with Crippen LogP contribution in [0.4, 0.5) is 0 Å². The number of nitrogens with zero attached hydrogens (tertiary/aromatic N) is 1. The first-order valence-corrected chi connectivity index (χ1v) is 10.2. The smallest absolute Gasteiger partial charge is 0.253 e. The van der Waals surface area contributed by atoms with Crippen LogP contribution in [0, 0.1) is 0 Å². The number of carbonyl (C=O) groups excluding carboxylic acids is 5. The molecule has 0 aliphatic carbocycles. The molecule has 0 aromatic carbocycles. The lowest BCUT2D eigenvalue weighted by Crippen LogP contribution is -2.42. The maximum atomic E-state index is 11.9. The van der Waals surface area contributed by atoms with Crippen molar-refractivity contribution in [1.29, 1.82) is 0 Å². The minimum Gasteiger partial charge on any atom is -0.377 e. The second-order valence-electron chi connectivity index (χ2n) is 6.57. The molecule has 0 fully saturated rings. The number of nitrogens with one attached hydrogen (secondary N) is 3. The normalized spacial score (nSPS) is 12.7. The Hall–Kier alpha value is -3.35. The highest BCUT2D eigenvalue weighted by atomic mass is 16.5. The molecule has 0 aromatic rings. The van der Waals surface area contributed by atoms with Crippen LogP contribution in [0.2, 0.25) is 0 Å². The quantitative estimate of drug-likeness (QED) is 0.120. The third-order valence-electron chi connectivity index (χ3n) is 4.13. The van der Waals surface area contributed by atoms with Gasteiger partial charge in [0.2, 0.25) is 17.7 Å². The second-order valence-corrected chi connectivity index (χ2v) is 6.57. The van der Waals surface area contributed by atoms with Crippen LogP contribution in [0.5, 0.6) is 0 Å². The number of amides is 5. The molecule has 1 aliphatic rings. The van der Waals surface area contributed by atoms with E-state index in [0.717, 1.165) is 17.1 Å². The Balaban J connectivity index is 2.09. The van der Waals surface area contributed by atoms with E-state index in [9.17, 15) is 24.0 Å². The number of imide groups is 1. The van der Waals surface area contributed by atoms with Gasteiger partial charge in [-0.15, -0.1) is 0 Å². The third-order valence-corrected chi connectivity index (χ3v) is 4.13. The molecule has 182 valence electrons. The zero-order valence-corrected chi connectivity index (χ0v) is 18.4. The van der Waals surface area contributed by atoms with Gasteiger partial charge in [0.25, 0.3) is 11.8 Å². The van der Waals surface area contributed by atoms with Crippen molar-refractivity contribution >= 4 is 29.5 Å². The fraction of sp³-hybridized carbons (Fsp3) is 0.476. The predicted octanol–water partition coefficient (Wildman–Crippen LogP) is -1.95. The molecule has 0 atom stereocenters. The Labute approximate surface area is 192 Å². The SMILES string of the molecule is C=CC(=O)NCC(CNC(=O)C=C)OCC(=O)NCCOCCOCCN1C(=O)C=CC1=O. The van der Waals surface area contributed by atoms with Crippen molar-refractivity contribution in [3.05, 3.63) is 37.5 Å². The monoisotopic (exact) mass is 466 g/mol. The average Bonchev–Trinajstić information content (AvgIpc) is 3.13. The Kier molecular flexibility index (Phi) is 13.7. The van der Waals surface area contributed by atoms with Crippen molar-refractivity contribution < 1.29 is 38.2 Å². The van der Waals surface area contributed by atoms with Gasteiger partial charge in [0.15, 0.2) is 0 Å². The molecule has 0 saturated carbocycles. The molecule has 33 heavy (non-hydrogen) atoms. The van der Waals surface area contributed by atoms with Gasteiger partial charge >= 0.3 is 0 Å². The van der Waals surface area contributed by atoms with Crippen LogP contribution in [0.3, 0.4) is 0 Å². The van der Waals surface area contributed by atoms with Crippen LogP contribution >= 0.6 is 0 Å². The highest BCUT2D eigenvalue weighted by Gasteiger charge is 2.22. The number of rotatable bonds is 18. The van der Waals surface area contributed by atoms with Gasteiger partial charge < -0.3 is 30.2 Å². The second kappa shape index (κ2) is 16.3. The molecule has 0 radical (unpaired) electrons. The summed E-state index contributed by atoms with van der Waals surface area (Å²) in [5.74, 6) is -1.90. The van der Waals surface area contributed by atoms with E-state index >= 15 is 0 Å². The van der Waals surface area contributed by atoms with Gasteiger partial charge in [0.1, 0.15) is 6.61 Å². The van der Waals surface area contributed by atoms with Crippen molar-refractivity contribution in [2.75, 3.05) is 59.2 Å². The number of carbonyl (C=O) groups is 5. The van der Waals surface area contributed by atoms with Crippen molar-refractivity contribution in [1.82, 2.24) is 20.9 Å². The zero-order valence-electron chi connectivity index (χ0n) is 18.4. The summed E-state index contributed by atoms with van der Waals surface area (Å²) in [7, 11) is 0. The molecule has 0 bridgehead atoms. The van der Waals surface area contributed by atoms with Crippen molar-refractivity contribution in [3.63, 3.8) is 0 Å². The topological polar surface area (TPSA) is 152 Å². The standard InChI is InChI=1S/C21H30N4O8/c1-3-17(26)23-13-16(14-24-18(27)4-2)33-15-19(28)22-7-9-31-11-12-32-10-8-25-20(29)5-6-21(25)30/h3-6,16H,1-2,7-15H2,(H,22,28)(H,23,26)(H,24,27). The molecule has 0 saturated heterocycles.